The summed E-state index contributed by atoms with van der Waals surface area (Å²) in [6, 6.07) is 10.7. The van der Waals surface area contributed by atoms with Crippen molar-refractivity contribution in [3.8, 4) is 11.4 Å². The number of carbonyl (C=O) groups excluding carboxylic acids is 2. The molecule has 0 unspecified atom stereocenters. The Morgan fingerprint density at radius 2 is 1.86 bits per heavy atom. The van der Waals surface area contributed by atoms with Gasteiger partial charge in [0.25, 0.3) is 5.91 Å². The molecule has 1 fully saturated rings. The Labute approximate surface area is 198 Å². The van der Waals surface area contributed by atoms with Crippen molar-refractivity contribution in [1.29, 1.82) is 0 Å². The van der Waals surface area contributed by atoms with E-state index >= 15 is 0 Å². The van der Waals surface area contributed by atoms with E-state index in [9.17, 15) is 22.8 Å². The van der Waals surface area contributed by atoms with Crippen molar-refractivity contribution in [2.45, 2.75) is 38.4 Å². The molecule has 1 aliphatic carbocycles. The molecule has 3 aromatic rings. The van der Waals surface area contributed by atoms with Crippen molar-refractivity contribution in [3.05, 3.63) is 70.7 Å². The summed E-state index contributed by atoms with van der Waals surface area (Å²) >= 11 is 0. The van der Waals surface area contributed by atoms with Crippen molar-refractivity contribution < 1.29 is 22.8 Å². The van der Waals surface area contributed by atoms with E-state index < -0.39 is 30.5 Å². The third-order valence-corrected chi connectivity index (χ3v) is 6.74. The molecule has 178 valence electrons. The number of alkyl halides is 2. The Morgan fingerprint density at radius 1 is 1.09 bits per heavy atom. The average molecular weight is 479 g/mol. The first-order valence-electron chi connectivity index (χ1n) is 11.3. The molecule has 1 saturated carbocycles. The number of nitrogens with one attached hydrogen (secondary N) is 2. The van der Waals surface area contributed by atoms with Gasteiger partial charge in [0.15, 0.2) is 17.5 Å². The number of rotatable bonds is 4. The van der Waals surface area contributed by atoms with Gasteiger partial charge in [-0.1, -0.05) is 18.2 Å². The first-order chi connectivity index (χ1) is 16.8. The van der Waals surface area contributed by atoms with E-state index in [0.717, 1.165) is 22.9 Å². The van der Waals surface area contributed by atoms with Crippen LogP contribution in [0.15, 0.2) is 42.6 Å². The quantitative estimate of drug-likeness (QED) is 0.587. The maximum absolute atomic E-state index is 14.5. The molecule has 1 aromatic heterocycles. The van der Waals surface area contributed by atoms with E-state index in [4.69, 9.17) is 0 Å². The van der Waals surface area contributed by atoms with E-state index in [-0.39, 0.29) is 17.6 Å². The molecule has 2 aromatic carbocycles. The zero-order valence-corrected chi connectivity index (χ0v) is 18.4. The molecule has 3 aliphatic rings. The number of anilines is 2. The van der Waals surface area contributed by atoms with E-state index in [1.54, 1.807) is 29.2 Å². The zero-order chi connectivity index (χ0) is 24.3. The minimum absolute atomic E-state index is 0.0310. The highest BCUT2D eigenvalue weighted by molar-refractivity contribution is 5.99. The Morgan fingerprint density at radius 3 is 2.66 bits per heavy atom. The van der Waals surface area contributed by atoms with Gasteiger partial charge < -0.3 is 15.5 Å². The summed E-state index contributed by atoms with van der Waals surface area (Å²) in [5, 5.41) is 5.66. The zero-order valence-electron chi connectivity index (χ0n) is 18.4. The van der Waals surface area contributed by atoms with Gasteiger partial charge in [0.1, 0.15) is 0 Å². The molecular formula is C25H20F3N5O2. The van der Waals surface area contributed by atoms with Gasteiger partial charge in [-0.3, -0.25) is 9.59 Å². The van der Waals surface area contributed by atoms with Crippen LogP contribution in [-0.2, 0) is 24.4 Å². The molecule has 35 heavy (non-hydrogen) atoms. The largest absolute Gasteiger partial charge is 0.348 e. The van der Waals surface area contributed by atoms with Gasteiger partial charge in [0, 0.05) is 55.2 Å². The second-order valence-corrected chi connectivity index (χ2v) is 9.21. The Hall–Kier alpha value is -3.95. The lowest BCUT2D eigenvalue weighted by molar-refractivity contribution is -0.160. The molecule has 0 bridgehead atoms. The van der Waals surface area contributed by atoms with Crippen LogP contribution in [0.1, 0.15) is 39.9 Å². The fourth-order valence-corrected chi connectivity index (χ4v) is 4.80. The number of nitrogens with zero attached hydrogens (tertiary/aromatic N) is 3. The summed E-state index contributed by atoms with van der Waals surface area (Å²) in [4.78, 5) is 34.5. The minimum Gasteiger partial charge on any atom is -0.348 e. The van der Waals surface area contributed by atoms with Crippen LogP contribution in [0.4, 0.5) is 24.7 Å². The molecule has 6 rings (SSSR count). The Balaban J connectivity index is 1.21. The van der Waals surface area contributed by atoms with Gasteiger partial charge in [-0.05, 0) is 34.9 Å². The van der Waals surface area contributed by atoms with E-state index in [1.165, 1.54) is 0 Å². The van der Waals surface area contributed by atoms with Crippen LogP contribution in [0.2, 0.25) is 0 Å². The molecular weight excluding hydrogens is 459 g/mol. The highest BCUT2D eigenvalue weighted by Crippen LogP contribution is 2.44. The number of amides is 2. The molecule has 0 saturated heterocycles. The second-order valence-electron chi connectivity index (χ2n) is 9.21. The maximum Gasteiger partial charge on any atom is 0.251 e. The Kier molecular flexibility index (Phi) is 4.80. The lowest BCUT2D eigenvalue weighted by Gasteiger charge is -2.36. The summed E-state index contributed by atoms with van der Waals surface area (Å²) in [6.07, 6.45) is 0.292. The SMILES string of the molecule is O=C1NCc2ccc(Nc3nc(-c4ccc5c(c4)CN(C(=O)C4CC(F)(F)C4)C5)ncc3F)cc21. The van der Waals surface area contributed by atoms with Crippen LogP contribution in [0.25, 0.3) is 11.4 Å². The van der Waals surface area contributed by atoms with Crippen molar-refractivity contribution in [2.75, 3.05) is 5.32 Å². The molecule has 7 nitrogen and oxygen atoms in total. The van der Waals surface area contributed by atoms with Gasteiger partial charge in [0.05, 0.1) is 6.20 Å². The first-order valence-corrected chi connectivity index (χ1v) is 11.3. The first kappa shape index (κ1) is 21.6. The monoisotopic (exact) mass is 479 g/mol. The number of carbonyl (C=O) groups is 2. The fraction of sp³-hybridized carbons (Fsp3) is 0.280. The van der Waals surface area contributed by atoms with Gasteiger partial charge in [0.2, 0.25) is 11.8 Å². The van der Waals surface area contributed by atoms with Gasteiger partial charge >= 0.3 is 0 Å². The summed E-state index contributed by atoms with van der Waals surface area (Å²) in [7, 11) is 0. The number of hydrogen-bond acceptors (Lipinski definition) is 5. The summed E-state index contributed by atoms with van der Waals surface area (Å²) in [5.74, 6) is -4.18. The molecule has 2 amide bonds. The van der Waals surface area contributed by atoms with Crippen molar-refractivity contribution in [1.82, 2.24) is 20.2 Å². The maximum atomic E-state index is 14.5. The molecule has 0 radical (unpaired) electrons. The third kappa shape index (κ3) is 3.88. The molecule has 0 atom stereocenters. The lowest BCUT2D eigenvalue weighted by atomic mass is 9.80. The van der Waals surface area contributed by atoms with Crippen molar-refractivity contribution in [3.63, 3.8) is 0 Å². The second kappa shape index (κ2) is 7.79. The average Bonchev–Trinajstić information content (AvgIpc) is 3.41. The fourth-order valence-electron chi connectivity index (χ4n) is 4.80. The number of hydrogen-bond donors (Lipinski definition) is 2. The van der Waals surface area contributed by atoms with Gasteiger partial charge in [-0.15, -0.1) is 0 Å². The van der Waals surface area contributed by atoms with Crippen LogP contribution < -0.4 is 10.6 Å². The van der Waals surface area contributed by atoms with E-state index in [1.807, 2.05) is 12.1 Å². The van der Waals surface area contributed by atoms with Crippen LogP contribution >= 0.6 is 0 Å². The normalized spacial score (nSPS) is 18.0. The van der Waals surface area contributed by atoms with Gasteiger partial charge in [-0.25, -0.2) is 23.1 Å². The van der Waals surface area contributed by atoms with Crippen molar-refractivity contribution in [2.24, 2.45) is 5.92 Å². The molecule has 10 heteroatoms. The predicted octanol–water partition coefficient (Wildman–Crippen LogP) is 4.16. The number of fused-ring (bicyclic) bond motifs is 2. The third-order valence-electron chi connectivity index (χ3n) is 6.74. The van der Waals surface area contributed by atoms with Gasteiger partial charge in [-0.2, -0.15) is 0 Å². The standard InChI is InChI=1S/C25H20F3N5O2/c26-20-10-29-21(32-22(20)31-18-4-3-14-9-30-23(34)19(14)6-18)13-1-2-15-11-33(12-16(15)5-13)24(35)17-7-25(27,28)8-17/h1-6,10,17H,7-9,11-12H2,(H,30,34)(H,29,31,32). The van der Waals surface area contributed by atoms with Crippen LogP contribution in [0.5, 0.6) is 0 Å². The Bertz CT molecular complexity index is 1390. The lowest BCUT2D eigenvalue weighted by Crippen LogP contribution is -2.45. The topological polar surface area (TPSA) is 87.2 Å². The number of aromatic nitrogens is 2. The summed E-state index contributed by atoms with van der Waals surface area (Å²) in [5.41, 5.74) is 4.40. The highest BCUT2D eigenvalue weighted by Gasteiger charge is 2.50. The molecule has 2 aliphatic heterocycles. The van der Waals surface area contributed by atoms with E-state index in [2.05, 4.69) is 20.6 Å². The molecule has 0 spiro atoms. The smallest absolute Gasteiger partial charge is 0.251 e. The highest BCUT2D eigenvalue weighted by atomic mass is 19.3. The minimum atomic E-state index is -2.74. The molecule has 2 N–H and O–H groups in total. The molecule has 3 heterocycles. The van der Waals surface area contributed by atoms with Crippen LogP contribution in [-0.4, -0.2) is 32.6 Å². The summed E-state index contributed by atoms with van der Waals surface area (Å²) in [6.45, 7) is 1.17. The number of halogens is 3. The summed E-state index contributed by atoms with van der Waals surface area (Å²) < 4.78 is 40.8. The van der Waals surface area contributed by atoms with Crippen LogP contribution in [0.3, 0.4) is 0 Å². The van der Waals surface area contributed by atoms with Crippen LogP contribution in [0, 0.1) is 11.7 Å². The number of benzene rings is 2. The predicted molar refractivity (Wildman–Crippen MR) is 120 cm³/mol. The van der Waals surface area contributed by atoms with E-state index in [0.29, 0.717) is 42.3 Å². The van der Waals surface area contributed by atoms with Crippen molar-refractivity contribution >= 4 is 23.3 Å².